The fourth-order valence-electron chi connectivity index (χ4n) is 0.531. The first kappa shape index (κ1) is 9.05. The summed E-state index contributed by atoms with van der Waals surface area (Å²) in [5.74, 6) is 0.275. The summed E-state index contributed by atoms with van der Waals surface area (Å²) in [7, 11) is 0. The van der Waals surface area contributed by atoms with Crippen LogP contribution in [-0.4, -0.2) is 10.1 Å². The molecule has 0 atom stereocenters. The molecule has 1 heterocycles. The van der Waals surface area contributed by atoms with Crippen molar-refractivity contribution in [1.82, 2.24) is 4.98 Å². The van der Waals surface area contributed by atoms with Gasteiger partial charge in [-0.1, -0.05) is 0 Å². The zero-order valence-corrected chi connectivity index (χ0v) is 8.04. The number of pyridine rings is 1. The maximum atomic E-state index is 8.77. The van der Waals surface area contributed by atoms with Crippen LogP contribution in [0.1, 0.15) is 5.69 Å². The molecule has 0 bridgehead atoms. The first-order valence-electron chi connectivity index (χ1n) is 2.40. The van der Waals surface area contributed by atoms with Crippen molar-refractivity contribution in [1.29, 1.82) is 0 Å². The van der Waals surface area contributed by atoms with E-state index in [1.54, 1.807) is 18.3 Å². The molecule has 0 aliphatic heterocycles. The molecule has 0 saturated heterocycles. The quantitative estimate of drug-likeness (QED) is 0.676. The van der Waals surface area contributed by atoms with Crippen molar-refractivity contribution >= 4 is 0 Å². The van der Waals surface area contributed by atoms with Gasteiger partial charge in [0.1, 0.15) is 5.75 Å². The van der Waals surface area contributed by atoms with E-state index < -0.39 is 0 Å². The number of hydrogen-bond donors (Lipinski definition) is 1. The Morgan fingerprint density at radius 3 is 2.56 bits per heavy atom. The number of rotatable bonds is 0. The molecule has 1 aromatic heterocycles. The first-order valence-corrected chi connectivity index (χ1v) is 2.40. The Morgan fingerprint density at radius 1 is 1.56 bits per heavy atom. The van der Waals surface area contributed by atoms with Crippen LogP contribution in [0.5, 0.6) is 5.75 Å². The Bertz CT molecular complexity index is 173. The van der Waals surface area contributed by atoms with Gasteiger partial charge in [-0.05, 0) is 13.0 Å². The van der Waals surface area contributed by atoms with E-state index in [1.165, 1.54) is 0 Å². The second-order valence-corrected chi connectivity index (χ2v) is 1.66. The Morgan fingerprint density at radius 2 is 2.22 bits per heavy atom. The van der Waals surface area contributed by atoms with Crippen LogP contribution in [0.3, 0.4) is 0 Å². The second-order valence-electron chi connectivity index (χ2n) is 1.66. The molecular formula is C6H7NOY. The summed E-state index contributed by atoms with van der Waals surface area (Å²) in [5, 5.41) is 8.77. The zero-order valence-electron chi connectivity index (χ0n) is 5.20. The van der Waals surface area contributed by atoms with Gasteiger partial charge in [0.05, 0.1) is 0 Å². The molecule has 0 aliphatic rings. The van der Waals surface area contributed by atoms with Gasteiger partial charge in [-0.3, -0.25) is 4.98 Å². The van der Waals surface area contributed by atoms with Gasteiger partial charge < -0.3 is 5.11 Å². The molecule has 3 heteroatoms. The summed E-state index contributed by atoms with van der Waals surface area (Å²) < 4.78 is 0. The molecule has 0 aliphatic carbocycles. The fourth-order valence-corrected chi connectivity index (χ4v) is 0.531. The molecule has 1 aromatic rings. The van der Waals surface area contributed by atoms with Crippen LogP contribution in [-0.2, 0) is 32.7 Å². The molecule has 0 fully saturated rings. The van der Waals surface area contributed by atoms with Gasteiger partial charge >= 0.3 is 0 Å². The average molecular weight is 198 g/mol. The van der Waals surface area contributed by atoms with E-state index >= 15 is 0 Å². The third kappa shape index (κ3) is 2.92. The molecule has 1 rings (SSSR count). The molecule has 0 spiro atoms. The summed E-state index contributed by atoms with van der Waals surface area (Å²) in [4.78, 5) is 3.88. The maximum Gasteiger partial charge on any atom is 0.118 e. The molecular weight excluding hydrogens is 191 g/mol. The van der Waals surface area contributed by atoms with Crippen LogP contribution in [0.2, 0.25) is 0 Å². The summed E-state index contributed by atoms with van der Waals surface area (Å²) in [6, 6.07) is 3.16. The van der Waals surface area contributed by atoms with Crippen molar-refractivity contribution in [2.24, 2.45) is 0 Å². The third-order valence-corrected chi connectivity index (χ3v) is 0.880. The summed E-state index contributed by atoms with van der Waals surface area (Å²) in [6.45, 7) is 1.83. The predicted molar refractivity (Wildman–Crippen MR) is 30.6 cm³/mol. The van der Waals surface area contributed by atoms with Gasteiger partial charge in [0, 0.05) is 50.7 Å². The third-order valence-electron chi connectivity index (χ3n) is 0.880. The van der Waals surface area contributed by atoms with E-state index in [-0.39, 0.29) is 38.5 Å². The van der Waals surface area contributed by atoms with Crippen LogP contribution in [0.15, 0.2) is 18.3 Å². The first-order chi connectivity index (χ1) is 3.79. The van der Waals surface area contributed by atoms with Gasteiger partial charge in [-0.2, -0.15) is 0 Å². The Hall–Kier alpha value is 0.0539. The molecule has 0 aromatic carbocycles. The molecule has 1 N–H and O–H groups in total. The summed E-state index contributed by atoms with van der Waals surface area (Å²) in [5.41, 5.74) is 0.838. The Labute approximate surface area is 79.2 Å². The topological polar surface area (TPSA) is 33.1 Å². The summed E-state index contributed by atoms with van der Waals surface area (Å²) in [6.07, 6.45) is 1.57. The monoisotopic (exact) mass is 198 g/mol. The SMILES string of the molecule is Cc1cc(O)ccn1.[Y]. The molecule has 0 saturated carbocycles. The Balaban J connectivity index is 0.000000640. The minimum atomic E-state index is 0. The standard InChI is InChI=1S/C6H7NO.Y/c1-5-4-6(8)2-3-7-5;/h2-4H,1H3,(H,7,8);. The Kier molecular flexibility index (Phi) is 3.99. The minimum absolute atomic E-state index is 0. The smallest absolute Gasteiger partial charge is 0.118 e. The maximum absolute atomic E-state index is 8.77. The van der Waals surface area contributed by atoms with Crippen molar-refractivity contribution in [3.8, 4) is 5.75 Å². The van der Waals surface area contributed by atoms with E-state index in [0.29, 0.717) is 0 Å². The largest absolute Gasteiger partial charge is 0.508 e. The summed E-state index contributed by atoms with van der Waals surface area (Å²) >= 11 is 0. The van der Waals surface area contributed by atoms with Gasteiger partial charge in [0.2, 0.25) is 0 Å². The van der Waals surface area contributed by atoms with Crippen molar-refractivity contribution in [3.05, 3.63) is 24.0 Å². The van der Waals surface area contributed by atoms with E-state index in [1.807, 2.05) is 6.92 Å². The van der Waals surface area contributed by atoms with Crippen molar-refractivity contribution < 1.29 is 37.8 Å². The van der Waals surface area contributed by atoms with Gasteiger partial charge in [-0.15, -0.1) is 0 Å². The number of aryl methyl sites for hydroxylation is 1. The normalized spacial score (nSPS) is 8.11. The number of aromatic nitrogens is 1. The molecule has 0 unspecified atom stereocenters. The minimum Gasteiger partial charge on any atom is -0.508 e. The van der Waals surface area contributed by atoms with Crippen LogP contribution < -0.4 is 0 Å². The molecule has 45 valence electrons. The number of hydrogen-bond acceptors (Lipinski definition) is 2. The van der Waals surface area contributed by atoms with E-state index in [2.05, 4.69) is 4.98 Å². The van der Waals surface area contributed by atoms with Crippen LogP contribution in [0.4, 0.5) is 0 Å². The number of aromatic hydroxyl groups is 1. The average Bonchev–Trinajstić information content (AvgIpc) is 1.64. The van der Waals surface area contributed by atoms with E-state index in [4.69, 9.17) is 5.11 Å². The van der Waals surface area contributed by atoms with Crippen LogP contribution >= 0.6 is 0 Å². The molecule has 0 amide bonds. The fraction of sp³-hybridized carbons (Fsp3) is 0.167. The van der Waals surface area contributed by atoms with Crippen LogP contribution in [0, 0.1) is 6.92 Å². The van der Waals surface area contributed by atoms with E-state index in [0.717, 1.165) is 5.69 Å². The molecule has 2 nitrogen and oxygen atoms in total. The number of nitrogens with zero attached hydrogens (tertiary/aromatic N) is 1. The van der Waals surface area contributed by atoms with Crippen molar-refractivity contribution in [2.45, 2.75) is 6.92 Å². The van der Waals surface area contributed by atoms with Gasteiger partial charge in [-0.25, -0.2) is 0 Å². The van der Waals surface area contributed by atoms with Gasteiger partial charge in [0.25, 0.3) is 0 Å². The predicted octanol–water partition coefficient (Wildman–Crippen LogP) is 1.09. The zero-order chi connectivity index (χ0) is 5.98. The van der Waals surface area contributed by atoms with Crippen LogP contribution in [0.25, 0.3) is 0 Å². The molecule has 9 heavy (non-hydrogen) atoms. The second kappa shape index (κ2) is 3.96. The van der Waals surface area contributed by atoms with Gasteiger partial charge in [0.15, 0.2) is 0 Å². The molecule has 1 radical (unpaired) electrons. The van der Waals surface area contributed by atoms with E-state index in [9.17, 15) is 0 Å². The van der Waals surface area contributed by atoms with Crippen molar-refractivity contribution in [2.75, 3.05) is 0 Å². The van der Waals surface area contributed by atoms with Crippen molar-refractivity contribution in [3.63, 3.8) is 0 Å².